The standard InChI is InChI=1S/C30H14F11N2O2P/c1-46(15-10-8-14(9-11-15)30(39,40)41,28-22(35)18(31)26(19(32)23(28)36)44-16-6-2-4-12-42-16)29-24(37)20(33)27(21(34)25(29)38)45-17-7-3-5-13-43-17/h2-13H,1H2. The molecule has 2 heterocycles. The van der Waals surface area contributed by atoms with Crippen LogP contribution in [0.5, 0.6) is 23.3 Å². The third kappa shape index (κ3) is 5.55. The second kappa shape index (κ2) is 12.1. The van der Waals surface area contributed by atoms with E-state index in [2.05, 4.69) is 16.3 Å². The Morgan fingerprint density at radius 3 is 1.20 bits per heavy atom. The van der Waals surface area contributed by atoms with Gasteiger partial charge < -0.3 is 9.47 Å². The van der Waals surface area contributed by atoms with E-state index < -0.39 is 104 Å². The first-order valence-corrected chi connectivity index (χ1v) is 14.5. The molecule has 0 saturated carbocycles. The molecule has 0 N–H and O–H groups in total. The van der Waals surface area contributed by atoms with Crippen molar-refractivity contribution in [2.24, 2.45) is 0 Å². The van der Waals surface area contributed by atoms with Crippen LogP contribution in [0.3, 0.4) is 0 Å². The predicted octanol–water partition coefficient (Wildman–Crippen LogP) is 7.92. The topological polar surface area (TPSA) is 44.2 Å². The van der Waals surface area contributed by atoms with E-state index in [1.807, 2.05) is 0 Å². The number of benzene rings is 3. The van der Waals surface area contributed by atoms with Gasteiger partial charge in [0.05, 0.1) is 16.2 Å². The van der Waals surface area contributed by atoms with E-state index in [9.17, 15) is 13.2 Å². The normalized spacial score (nSPS) is 11.9. The van der Waals surface area contributed by atoms with Crippen molar-refractivity contribution in [3.8, 4) is 23.3 Å². The number of halogens is 11. The fraction of sp³-hybridized carbons (Fsp3) is 0.0333. The summed E-state index contributed by atoms with van der Waals surface area (Å²) in [4.78, 5) is 7.19. The molecule has 0 saturated heterocycles. The van der Waals surface area contributed by atoms with Gasteiger partial charge in [0.1, 0.15) is 0 Å². The van der Waals surface area contributed by atoms with Gasteiger partial charge in [0.2, 0.25) is 46.5 Å². The second-order valence-electron chi connectivity index (χ2n) is 9.26. The lowest BCUT2D eigenvalue weighted by atomic mass is 10.2. The molecule has 0 aliphatic heterocycles. The number of alkyl halides is 3. The number of rotatable bonds is 7. The van der Waals surface area contributed by atoms with Crippen LogP contribution in [0.2, 0.25) is 0 Å². The Labute approximate surface area is 251 Å². The zero-order chi connectivity index (χ0) is 33.6. The highest BCUT2D eigenvalue weighted by Gasteiger charge is 2.42. The largest absolute Gasteiger partial charge is 0.433 e. The summed E-state index contributed by atoms with van der Waals surface area (Å²) in [7, 11) is 0. The average Bonchev–Trinajstić information content (AvgIpc) is 3.04. The number of nitrogens with zero attached hydrogens (tertiary/aromatic N) is 2. The molecule has 0 spiro atoms. The summed E-state index contributed by atoms with van der Waals surface area (Å²) >= 11 is 0. The molecule has 16 heteroatoms. The van der Waals surface area contributed by atoms with E-state index in [0.29, 0.717) is 24.3 Å². The summed E-state index contributed by atoms with van der Waals surface area (Å²) < 4.78 is 174. The van der Waals surface area contributed by atoms with E-state index in [4.69, 9.17) is 9.47 Å². The highest BCUT2D eigenvalue weighted by Crippen LogP contribution is 2.49. The molecule has 0 amide bonds. The van der Waals surface area contributed by atoms with Crippen molar-refractivity contribution in [2.45, 2.75) is 6.18 Å². The molecule has 0 aliphatic rings. The highest BCUT2D eigenvalue weighted by atomic mass is 31.2. The van der Waals surface area contributed by atoms with E-state index in [0.717, 1.165) is 24.5 Å². The number of hydrogen-bond donors (Lipinski definition) is 0. The van der Waals surface area contributed by atoms with E-state index in [1.54, 1.807) is 0 Å². The smallest absolute Gasteiger partial charge is 0.416 e. The van der Waals surface area contributed by atoms with Gasteiger partial charge in [0.25, 0.3) is 0 Å². The van der Waals surface area contributed by atoms with E-state index >= 15 is 35.1 Å². The van der Waals surface area contributed by atoms with Crippen molar-refractivity contribution in [3.05, 3.63) is 125 Å². The van der Waals surface area contributed by atoms with Gasteiger partial charge in [-0.15, -0.1) is 0 Å². The van der Waals surface area contributed by atoms with Gasteiger partial charge in [-0.2, -0.15) is 30.7 Å². The molecule has 5 rings (SSSR count). The summed E-state index contributed by atoms with van der Waals surface area (Å²) in [5.41, 5.74) is -1.36. The molecule has 0 radical (unpaired) electrons. The first kappa shape index (κ1) is 32.5. The Bertz CT molecular complexity index is 1820. The fourth-order valence-corrected chi connectivity index (χ4v) is 7.48. The quantitative estimate of drug-likeness (QED) is 0.100. The van der Waals surface area contributed by atoms with Gasteiger partial charge in [0, 0.05) is 24.5 Å². The van der Waals surface area contributed by atoms with Crippen LogP contribution in [0, 0.1) is 46.5 Å². The Hall–Kier alpha value is -4.91. The summed E-state index contributed by atoms with van der Waals surface area (Å²) in [6, 6.07) is 8.90. The van der Waals surface area contributed by atoms with Gasteiger partial charge in [-0.05, 0) is 36.5 Å². The summed E-state index contributed by atoms with van der Waals surface area (Å²) in [6.07, 6.45) is 0.610. The van der Waals surface area contributed by atoms with Crippen molar-refractivity contribution >= 4 is 29.1 Å². The van der Waals surface area contributed by atoms with Gasteiger partial charge in [-0.25, -0.2) is 27.5 Å². The molecule has 46 heavy (non-hydrogen) atoms. The number of aromatic nitrogens is 2. The summed E-state index contributed by atoms with van der Waals surface area (Å²) in [6.45, 7) is -5.28. The third-order valence-electron chi connectivity index (χ3n) is 6.49. The fourth-order valence-electron chi connectivity index (χ4n) is 4.35. The van der Waals surface area contributed by atoms with Crippen LogP contribution in [0.15, 0.2) is 73.1 Å². The number of ether oxygens (including phenoxy) is 2. The lowest BCUT2D eigenvalue weighted by Crippen LogP contribution is -2.36. The SMILES string of the molecule is C=P(c1ccc(C(F)(F)F)cc1)(c1c(F)c(F)c(Oc2ccccn2)c(F)c1F)c1c(F)c(F)c(Oc2ccccn2)c(F)c1F. The average molecular weight is 674 g/mol. The lowest BCUT2D eigenvalue weighted by molar-refractivity contribution is -0.137. The predicted molar refractivity (Wildman–Crippen MR) is 146 cm³/mol. The Morgan fingerprint density at radius 2 is 0.891 bits per heavy atom. The maximum Gasteiger partial charge on any atom is 0.416 e. The lowest BCUT2D eigenvalue weighted by Gasteiger charge is -2.29. The zero-order valence-electron chi connectivity index (χ0n) is 22.5. The molecule has 4 nitrogen and oxygen atoms in total. The van der Waals surface area contributed by atoms with Crippen molar-refractivity contribution in [1.82, 2.24) is 9.97 Å². The molecule has 5 aromatic rings. The minimum atomic E-state index is -5.28. The van der Waals surface area contributed by atoms with Crippen molar-refractivity contribution in [3.63, 3.8) is 0 Å². The van der Waals surface area contributed by atoms with Crippen LogP contribution in [-0.4, -0.2) is 16.3 Å². The second-order valence-corrected chi connectivity index (χ2v) is 12.3. The molecule has 0 atom stereocenters. The monoisotopic (exact) mass is 674 g/mol. The van der Waals surface area contributed by atoms with E-state index in [1.165, 1.54) is 24.3 Å². The molecule has 0 fully saturated rings. The van der Waals surface area contributed by atoms with Crippen molar-refractivity contribution in [2.75, 3.05) is 0 Å². The minimum Gasteiger partial charge on any atom is -0.433 e. The molecule has 0 unspecified atom stereocenters. The third-order valence-corrected chi connectivity index (χ3v) is 9.98. The Morgan fingerprint density at radius 1 is 0.522 bits per heavy atom. The molecular weight excluding hydrogens is 660 g/mol. The number of pyridine rings is 2. The van der Waals surface area contributed by atoms with Gasteiger partial charge in [0.15, 0.2) is 23.3 Å². The Balaban J connectivity index is 1.82. The van der Waals surface area contributed by atoms with Crippen LogP contribution < -0.4 is 25.4 Å². The first-order chi connectivity index (χ1) is 21.7. The summed E-state index contributed by atoms with van der Waals surface area (Å²) in [5.74, 6) is -23.1. The Kier molecular flexibility index (Phi) is 8.56. The maximum absolute atomic E-state index is 15.8. The highest BCUT2D eigenvalue weighted by molar-refractivity contribution is 7.93. The minimum absolute atomic E-state index is 0.303. The van der Waals surface area contributed by atoms with Crippen molar-refractivity contribution in [1.29, 1.82) is 0 Å². The van der Waals surface area contributed by atoms with Crippen LogP contribution in [-0.2, 0) is 6.18 Å². The van der Waals surface area contributed by atoms with Crippen molar-refractivity contribution < 1.29 is 57.8 Å². The first-order valence-electron chi connectivity index (χ1n) is 12.5. The summed E-state index contributed by atoms with van der Waals surface area (Å²) in [5, 5.41) is -4.61. The maximum atomic E-state index is 15.8. The zero-order valence-corrected chi connectivity index (χ0v) is 23.3. The molecule has 2 aromatic heterocycles. The van der Waals surface area contributed by atoms with Gasteiger partial charge in [-0.1, -0.05) is 30.6 Å². The molecule has 0 bridgehead atoms. The molecule has 238 valence electrons. The van der Waals surface area contributed by atoms with Crippen LogP contribution >= 0.6 is 6.89 Å². The van der Waals surface area contributed by atoms with E-state index in [-0.39, 0.29) is 0 Å². The molecule has 0 aliphatic carbocycles. The van der Waals surface area contributed by atoms with Crippen LogP contribution in [0.4, 0.5) is 48.3 Å². The molecule has 3 aromatic carbocycles. The van der Waals surface area contributed by atoms with Crippen LogP contribution in [0.1, 0.15) is 5.56 Å². The van der Waals surface area contributed by atoms with Gasteiger partial charge >= 0.3 is 6.18 Å². The van der Waals surface area contributed by atoms with Gasteiger partial charge in [-0.3, -0.25) is 0 Å². The number of hydrogen-bond acceptors (Lipinski definition) is 4. The van der Waals surface area contributed by atoms with Crippen LogP contribution in [0.25, 0.3) is 0 Å². The molecular formula is C30H14F11N2O2P.